The molecule has 4 unspecified atom stereocenters. The summed E-state index contributed by atoms with van der Waals surface area (Å²) in [6, 6.07) is 1.62. The number of fused-ring (bicyclic) bond motifs is 1. The van der Waals surface area contributed by atoms with E-state index in [-0.39, 0.29) is 5.91 Å². The second-order valence-electron chi connectivity index (χ2n) is 6.84. The number of hydrogen-bond acceptors (Lipinski definition) is 4. The summed E-state index contributed by atoms with van der Waals surface area (Å²) in [5.41, 5.74) is 4.93. The maximum Gasteiger partial charge on any atom is 0.237 e. The van der Waals surface area contributed by atoms with E-state index in [2.05, 4.69) is 29.0 Å². The highest BCUT2D eigenvalue weighted by atomic mass is 16.1. The Hall–Kier alpha value is -0.650. The van der Waals surface area contributed by atoms with Crippen LogP contribution in [-0.4, -0.2) is 66.1 Å². The first-order valence-electron chi connectivity index (χ1n) is 7.86. The van der Waals surface area contributed by atoms with Gasteiger partial charge in [-0.1, -0.05) is 0 Å². The molecule has 2 fully saturated rings. The zero-order chi connectivity index (χ0) is 14.9. The first-order chi connectivity index (χ1) is 9.37. The zero-order valence-electron chi connectivity index (χ0n) is 13.4. The third-order valence-electron chi connectivity index (χ3n) is 5.35. The predicted molar refractivity (Wildman–Crippen MR) is 81.5 cm³/mol. The second-order valence-corrected chi connectivity index (χ2v) is 6.84. The lowest BCUT2D eigenvalue weighted by Crippen LogP contribution is -2.60. The maximum atomic E-state index is 11.7. The maximum absolute atomic E-state index is 11.7. The Morgan fingerprint density at radius 2 is 2.20 bits per heavy atom. The SMILES string of the molecule is CNC(C)(CC(C)N1CC2CCCN2CC1C)C(N)=O. The lowest BCUT2D eigenvalue weighted by molar-refractivity contribution is -0.124. The number of rotatable bonds is 5. The van der Waals surface area contributed by atoms with Crippen LogP contribution in [0.25, 0.3) is 0 Å². The molecule has 0 aromatic rings. The van der Waals surface area contributed by atoms with Gasteiger partial charge in [-0.3, -0.25) is 14.6 Å². The Morgan fingerprint density at radius 1 is 1.50 bits per heavy atom. The van der Waals surface area contributed by atoms with E-state index >= 15 is 0 Å². The third kappa shape index (κ3) is 3.00. The first-order valence-corrected chi connectivity index (χ1v) is 7.86. The summed E-state index contributed by atoms with van der Waals surface area (Å²) < 4.78 is 0. The van der Waals surface area contributed by atoms with Crippen LogP contribution in [0.2, 0.25) is 0 Å². The molecule has 1 amide bonds. The number of likely N-dealkylation sites (N-methyl/N-ethyl adjacent to an activating group) is 1. The molecule has 116 valence electrons. The highest BCUT2D eigenvalue weighted by Crippen LogP contribution is 2.28. The lowest BCUT2D eigenvalue weighted by atomic mass is 9.91. The largest absolute Gasteiger partial charge is 0.368 e. The summed E-state index contributed by atoms with van der Waals surface area (Å²) in [7, 11) is 1.82. The van der Waals surface area contributed by atoms with E-state index in [1.165, 1.54) is 19.4 Å². The predicted octanol–water partition coefficient (Wildman–Crippen LogP) is 0.397. The molecule has 0 aromatic carbocycles. The van der Waals surface area contributed by atoms with Gasteiger partial charge in [0.1, 0.15) is 0 Å². The van der Waals surface area contributed by atoms with Gasteiger partial charge in [0.25, 0.3) is 0 Å². The van der Waals surface area contributed by atoms with Gasteiger partial charge in [-0.25, -0.2) is 0 Å². The monoisotopic (exact) mass is 282 g/mol. The fourth-order valence-corrected chi connectivity index (χ4v) is 3.86. The number of nitrogens with one attached hydrogen (secondary N) is 1. The molecule has 5 nitrogen and oxygen atoms in total. The third-order valence-corrected chi connectivity index (χ3v) is 5.35. The number of nitrogens with zero attached hydrogens (tertiary/aromatic N) is 2. The van der Waals surface area contributed by atoms with E-state index in [0.29, 0.717) is 18.1 Å². The van der Waals surface area contributed by atoms with Gasteiger partial charge in [0.15, 0.2) is 0 Å². The Bertz CT molecular complexity index is 362. The molecule has 0 aromatic heterocycles. The number of nitrogens with two attached hydrogens (primary N) is 1. The van der Waals surface area contributed by atoms with Crippen LogP contribution in [0.15, 0.2) is 0 Å². The summed E-state index contributed by atoms with van der Waals surface area (Å²) in [4.78, 5) is 16.9. The number of carbonyl (C=O) groups excluding carboxylic acids is 1. The van der Waals surface area contributed by atoms with Crippen LogP contribution in [-0.2, 0) is 4.79 Å². The standard InChI is InChI=1S/C15H30N4O/c1-11(8-15(3,17-4)14(16)20)19-10-13-6-5-7-18(13)9-12(19)2/h11-13,17H,5-10H2,1-4H3,(H2,16,20). The van der Waals surface area contributed by atoms with Gasteiger partial charge < -0.3 is 11.1 Å². The molecule has 0 saturated carbocycles. The summed E-state index contributed by atoms with van der Waals surface area (Å²) in [5, 5.41) is 3.10. The fraction of sp³-hybridized carbons (Fsp3) is 0.933. The molecule has 0 spiro atoms. The zero-order valence-corrected chi connectivity index (χ0v) is 13.4. The number of piperazine rings is 1. The highest BCUT2D eigenvalue weighted by Gasteiger charge is 2.39. The Labute approximate surface area is 122 Å². The highest BCUT2D eigenvalue weighted by molar-refractivity contribution is 5.84. The van der Waals surface area contributed by atoms with Gasteiger partial charge in [0.05, 0.1) is 5.54 Å². The van der Waals surface area contributed by atoms with E-state index in [0.717, 1.165) is 19.5 Å². The number of hydrogen-bond donors (Lipinski definition) is 2. The van der Waals surface area contributed by atoms with Crippen molar-refractivity contribution in [2.24, 2.45) is 5.73 Å². The second kappa shape index (κ2) is 6.00. The normalized spacial score (nSPS) is 32.6. The van der Waals surface area contributed by atoms with Crippen molar-refractivity contribution < 1.29 is 4.79 Å². The molecule has 0 radical (unpaired) electrons. The van der Waals surface area contributed by atoms with Crippen molar-refractivity contribution in [3.63, 3.8) is 0 Å². The van der Waals surface area contributed by atoms with Crippen molar-refractivity contribution in [3.8, 4) is 0 Å². The summed E-state index contributed by atoms with van der Waals surface area (Å²) in [6.07, 6.45) is 3.40. The quantitative estimate of drug-likeness (QED) is 0.766. The van der Waals surface area contributed by atoms with Crippen molar-refractivity contribution in [1.82, 2.24) is 15.1 Å². The van der Waals surface area contributed by atoms with E-state index in [4.69, 9.17) is 5.73 Å². The van der Waals surface area contributed by atoms with Crippen LogP contribution >= 0.6 is 0 Å². The molecule has 0 aliphatic carbocycles. The molecular weight excluding hydrogens is 252 g/mol. The van der Waals surface area contributed by atoms with Crippen LogP contribution in [0.4, 0.5) is 0 Å². The van der Waals surface area contributed by atoms with Gasteiger partial charge in [-0.15, -0.1) is 0 Å². The summed E-state index contributed by atoms with van der Waals surface area (Å²) in [5.74, 6) is -0.265. The van der Waals surface area contributed by atoms with Crippen LogP contribution in [0.1, 0.15) is 40.0 Å². The molecule has 0 bridgehead atoms. The van der Waals surface area contributed by atoms with Crippen molar-refractivity contribution in [2.45, 2.75) is 63.7 Å². The number of primary amides is 1. The van der Waals surface area contributed by atoms with Gasteiger partial charge in [-0.05, 0) is 53.6 Å². The molecule has 2 aliphatic rings. The lowest BCUT2D eigenvalue weighted by Gasteiger charge is -2.46. The van der Waals surface area contributed by atoms with Gasteiger partial charge in [-0.2, -0.15) is 0 Å². The van der Waals surface area contributed by atoms with Gasteiger partial charge in [0, 0.05) is 31.2 Å². The smallest absolute Gasteiger partial charge is 0.237 e. The Morgan fingerprint density at radius 3 is 2.80 bits per heavy atom. The average Bonchev–Trinajstić information content (AvgIpc) is 2.84. The minimum Gasteiger partial charge on any atom is -0.368 e. The minimum atomic E-state index is -0.619. The number of carbonyl (C=O) groups is 1. The van der Waals surface area contributed by atoms with Crippen LogP contribution in [0.5, 0.6) is 0 Å². The molecule has 20 heavy (non-hydrogen) atoms. The topological polar surface area (TPSA) is 61.6 Å². The molecule has 4 atom stereocenters. The Kier molecular flexibility index (Phi) is 4.72. The molecule has 2 heterocycles. The van der Waals surface area contributed by atoms with Crippen molar-refractivity contribution in [1.29, 1.82) is 0 Å². The molecular formula is C15H30N4O. The van der Waals surface area contributed by atoms with E-state index in [1.54, 1.807) is 0 Å². The molecule has 3 N–H and O–H groups in total. The average molecular weight is 282 g/mol. The number of amides is 1. The van der Waals surface area contributed by atoms with E-state index < -0.39 is 5.54 Å². The van der Waals surface area contributed by atoms with Gasteiger partial charge >= 0.3 is 0 Å². The van der Waals surface area contributed by atoms with E-state index in [9.17, 15) is 4.79 Å². The first kappa shape index (κ1) is 15.7. The summed E-state index contributed by atoms with van der Waals surface area (Å²) in [6.45, 7) is 9.96. The van der Waals surface area contributed by atoms with Crippen LogP contribution in [0.3, 0.4) is 0 Å². The molecule has 2 saturated heterocycles. The van der Waals surface area contributed by atoms with Crippen molar-refractivity contribution in [3.05, 3.63) is 0 Å². The van der Waals surface area contributed by atoms with Crippen LogP contribution < -0.4 is 11.1 Å². The fourth-order valence-electron chi connectivity index (χ4n) is 3.86. The van der Waals surface area contributed by atoms with Gasteiger partial charge in [0.2, 0.25) is 5.91 Å². The van der Waals surface area contributed by atoms with Crippen molar-refractivity contribution >= 4 is 5.91 Å². The molecule has 2 aliphatic heterocycles. The molecule has 5 heteroatoms. The van der Waals surface area contributed by atoms with Crippen LogP contribution in [0, 0.1) is 0 Å². The minimum absolute atomic E-state index is 0.265. The Balaban J connectivity index is 2.01. The molecule has 2 rings (SSSR count). The summed E-state index contributed by atoms with van der Waals surface area (Å²) >= 11 is 0. The van der Waals surface area contributed by atoms with E-state index in [1.807, 2.05) is 14.0 Å². The van der Waals surface area contributed by atoms with Crippen molar-refractivity contribution in [2.75, 3.05) is 26.7 Å².